The summed E-state index contributed by atoms with van der Waals surface area (Å²) in [4.78, 5) is 16.8. The molecule has 0 aliphatic rings. The van der Waals surface area contributed by atoms with Crippen LogP contribution >= 0.6 is 34.9 Å². The summed E-state index contributed by atoms with van der Waals surface area (Å²) < 4.78 is 3.53. The molecule has 0 aliphatic heterocycles. The molecule has 126 valence electrons. The topological polar surface area (TPSA) is 60.2 Å². The van der Waals surface area contributed by atoms with Crippen molar-refractivity contribution in [3.63, 3.8) is 0 Å². The van der Waals surface area contributed by atoms with E-state index in [1.54, 1.807) is 45.3 Å². The van der Waals surface area contributed by atoms with Crippen LogP contribution in [0.3, 0.4) is 0 Å². The van der Waals surface area contributed by atoms with Crippen molar-refractivity contribution in [2.24, 2.45) is 5.92 Å². The molecule has 0 amide bonds. The van der Waals surface area contributed by atoms with Gasteiger partial charge in [-0.2, -0.15) is 0 Å². The Bertz CT molecular complexity index is 904. The number of hydrogen-bond donors (Lipinski definition) is 0. The average Bonchev–Trinajstić information content (AvgIpc) is 2.99. The van der Waals surface area contributed by atoms with Crippen LogP contribution < -0.4 is 5.56 Å². The van der Waals surface area contributed by atoms with Crippen LogP contribution in [0.25, 0.3) is 5.65 Å². The lowest BCUT2D eigenvalue weighted by atomic mass is 10.3. The van der Waals surface area contributed by atoms with Gasteiger partial charge in [0.15, 0.2) is 8.68 Å². The highest BCUT2D eigenvalue weighted by atomic mass is 32.2. The molecule has 0 saturated carbocycles. The largest absolute Gasteiger partial charge is 0.269 e. The molecule has 3 aromatic heterocycles. The van der Waals surface area contributed by atoms with Gasteiger partial charge in [0.2, 0.25) is 0 Å². The van der Waals surface area contributed by atoms with Crippen molar-refractivity contribution in [3.8, 4) is 0 Å². The quantitative estimate of drug-likeness (QED) is 0.606. The Hall–Kier alpha value is -1.38. The Balaban J connectivity index is 1.71. The maximum absolute atomic E-state index is 12.3. The smallest absolute Gasteiger partial charge is 0.258 e. The Kier molecular flexibility index (Phi) is 5.57. The van der Waals surface area contributed by atoms with Crippen LogP contribution in [0.5, 0.6) is 0 Å². The zero-order chi connectivity index (χ0) is 17.1. The highest BCUT2D eigenvalue weighted by Crippen LogP contribution is 2.31. The van der Waals surface area contributed by atoms with Gasteiger partial charge in [0.1, 0.15) is 5.65 Å². The van der Waals surface area contributed by atoms with Crippen LogP contribution in [0.1, 0.15) is 25.2 Å². The first-order chi connectivity index (χ1) is 11.5. The van der Waals surface area contributed by atoms with Crippen molar-refractivity contribution >= 4 is 40.5 Å². The summed E-state index contributed by atoms with van der Waals surface area (Å²) in [6.45, 7) is 6.28. The first-order valence-corrected chi connectivity index (χ1v) is 10.4. The third kappa shape index (κ3) is 4.17. The van der Waals surface area contributed by atoms with Crippen LogP contribution in [0.4, 0.5) is 0 Å². The minimum absolute atomic E-state index is 0.0425. The average molecular weight is 379 g/mol. The molecule has 3 aromatic rings. The third-order valence-electron chi connectivity index (χ3n) is 3.20. The van der Waals surface area contributed by atoms with Crippen molar-refractivity contribution in [2.75, 3.05) is 5.75 Å². The normalized spacial score (nSPS) is 11.5. The minimum Gasteiger partial charge on any atom is -0.269 e. The maximum atomic E-state index is 12.3. The van der Waals surface area contributed by atoms with Gasteiger partial charge in [0.25, 0.3) is 5.56 Å². The third-order valence-corrected chi connectivity index (χ3v) is 6.86. The molecule has 24 heavy (non-hydrogen) atoms. The fraction of sp³-hybridized carbons (Fsp3) is 0.375. The molecule has 0 aliphatic carbocycles. The molecule has 0 N–H and O–H groups in total. The van der Waals surface area contributed by atoms with E-state index in [1.807, 2.05) is 25.1 Å². The van der Waals surface area contributed by atoms with Crippen LogP contribution in [0.15, 0.2) is 37.7 Å². The summed E-state index contributed by atoms with van der Waals surface area (Å²) >= 11 is 4.91. The predicted octanol–water partition coefficient (Wildman–Crippen LogP) is 3.89. The molecule has 0 atom stereocenters. The standard InChI is InChI=1S/C16H18N4OS3/c1-10(2)8-22-15-18-19-16(24-15)23-9-12-7-14(21)20-11(3)5-4-6-13(20)17-12/h4-7,10H,8-9H2,1-3H3. The Morgan fingerprint density at radius 1 is 1.21 bits per heavy atom. The van der Waals surface area contributed by atoms with Gasteiger partial charge in [0.05, 0.1) is 5.69 Å². The Morgan fingerprint density at radius 2 is 1.96 bits per heavy atom. The van der Waals surface area contributed by atoms with Crippen molar-refractivity contribution < 1.29 is 0 Å². The van der Waals surface area contributed by atoms with E-state index in [2.05, 4.69) is 29.0 Å². The van der Waals surface area contributed by atoms with Gasteiger partial charge in [-0.3, -0.25) is 9.20 Å². The van der Waals surface area contributed by atoms with E-state index < -0.39 is 0 Å². The minimum atomic E-state index is -0.0425. The number of rotatable bonds is 6. The molecule has 0 radical (unpaired) electrons. The monoisotopic (exact) mass is 378 g/mol. The molecule has 0 saturated heterocycles. The van der Waals surface area contributed by atoms with Gasteiger partial charge in [-0.25, -0.2) is 4.98 Å². The van der Waals surface area contributed by atoms with Crippen molar-refractivity contribution in [1.29, 1.82) is 0 Å². The fourth-order valence-electron chi connectivity index (χ4n) is 2.13. The highest BCUT2D eigenvalue weighted by molar-refractivity contribution is 8.02. The van der Waals surface area contributed by atoms with Crippen molar-refractivity contribution in [2.45, 2.75) is 35.2 Å². The number of fused-ring (bicyclic) bond motifs is 1. The summed E-state index contributed by atoms with van der Waals surface area (Å²) in [6, 6.07) is 7.27. The second-order valence-corrected chi connectivity index (χ2v) is 9.24. The van der Waals surface area contributed by atoms with Crippen LogP contribution in [0.2, 0.25) is 0 Å². The van der Waals surface area contributed by atoms with Crippen molar-refractivity contribution in [3.05, 3.63) is 46.0 Å². The number of aryl methyl sites for hydroxylation is 1. The van der Waals surface area contributed by atoms with E-state index in [-0.39, 0.29) is 5.56 Å². The lowest BCUT2D eigenvalue weighted by molar-refractivity contribution is 0.749. The molecule has 8 heteroatoms. The zero-order valence-corrected chi connectivity index (χ0v) is 16.2. The molecule has 0 unspecified atom stereocenters. The number of thioether (sulfide) groups is 2. The molecule has 5 nitrogen and oxygen atoms in total. The van der Waals surface area contributed by atoms with Gasteiger partial charge >= 0.3 is 0 Å². The van der Waals surface area contributed by atoms with E-state index >= 15 is 0 Å². The summed E-state index contributed by atoms with van der Waals surface area (Å²) in [5.74, 6) is 2.29. The van der Waals surface area contributed by atoms with Gasteiger partial charge in [-0.15, -0.1) is 10.2 Å². The summed E-state index contributed by atoms with van der Waals surface area (Å²) in [7, 11) is 0. The number of hydrogen-bond acceptors (Lipinski definition) is 7. The fourth-order valence-corrected chi connectivity index (χ4v) is 5.01. The van der Waals surface area contributed by atoms with E-state index in [0.29, 0.717) is 17.3 Å². The first kappa shape index (κ1) is 17.4. The second-order valence-electron chi connectivity index (χ2n) is 5.77. The Morgan fingerprint density at radius 3 is 2.71 bits per heavy atom. The molecular weight excluding hydrogens is 360 g/mol. The summed E-state index contributed by atoms with van der Waals surface area (Å²) in [6.07, 6.45) is 0. The Labute approximate surface area is 152 Å². The van der Waals surface area contributed by atoms with Crippen LogP contribution in [-0.4, -0.2) is 25.3 Å². The maximum Gasteiger partial charge on any atom is 0.258 e. The molecule has 0 aromatic carbocycles. The molecule has 0 fully saturated rings. The molecule has 0 spiro atoms. The number of aromatic nitrogens is 4. The highest BCUT2D eigenvalue weighted by Gasteiger charge is 2.09. The van der Waals surface area contributed by atoms with E-state index in [4.69, 9.17) is 0 Å². The summed E-state index contributed by atoms with van der Waals surface area (Å²) in [5, 5.41) is 8.41. The van der Waals surface area contributed by atoms with Gasteiger partial charge in [0, 0.05) is 23.3 Å². The van der Waals surface area contributed by atoms with Gasteiger partial charge in [-0.1, -0.05) is 54.8 Å². The van der Waals surface area contributed by atoms with Crippen LogP contribution in [-0.2, 0) is 5.75 Å². The molecule has 3 heterocycles. The van der Waals surface area contributed by atoms with E-state index in [1.165, 1.54) is 0 Å². The molecular formula is C16H18N4OS3. The lowest BCUT2D eigenvalue weighted by Crippen LogP contribution is -2.17. The van der Waals surface area contributed by atoms with Crippen LogP contribution in [0, 0.1) is 12.8 Å². The van der Waals surface area contributed by atoms with Crippen molar-refractivity contribution in [1.82, 2.24) is 19.6 Å². The number of nitrogens with zero attached hydrogens (tertiary/aromatic N) is 4. The van der Waals surface area contributed by atoms with E-state index in [9.17, 15) is 4.79 Å². The predicted molar refractivity (Wildman–Crippen MR) is 101 cm³/mol. The van der Waals surface area contributed by atoms with Gasteiger partial charge in [-0.05, 0) is 25.0 Å². The lowest BCUT2D eigenvalue weighted by Gasteiger charge is -2.05. The summed E-state index contributed by atoms with van der Waals surface area (Å²) in [5.41, 5.74) is 2.30. The SMILES string of the molecule is Cc1cccc2nc(CSc3nnc(SCC(C)C)s3)cc(=O)n12. The number of pyridine rings is 1. The second kappa shape index (κ2) is 7.67. The first-order valence-electron chi connectivity index (χ1n) is 7.60. The van der Waals surface area contributed by atoms with Gasteiger partial charge < -0.3 is 0 Å². The van der Waals surface area contributed by atoms with E-state index in [0.717, 1.165) is 25.8 Å². The zero-order valence-electron chi connectivity index (χ0n) is 13.7. The molecule has 3 rings (SSSR count). The molecule has 0 bridgehead atoms.